The lowest BCUT2D eigenvalue weighted by molar-refractivity contribution is 0.552. The molecule has 3 nitrogen and oxygen atoms in total. The van der Waals surface area contributed by atoms with Crippen molar-refractivity contribution in [2.75, 3.05) is 5.73 Å². The van der Waals surface area contributed by atoms with E-state index < -0.39 is 0 Å². The van der Waals surface area contributed by atoms with Gasteiger partial charge in [0.15, 0.2) is 0 Å². The summed E-state index contributed by atoms with van der Waals surface area (Å²) in [4.78, 5) is 9.49. The summed E-state index contributed by atoms with van der Waals surface area (Å²) in [7, 11) is 0. The molecule has 2 aliphatic rings. The molecule has 0 aliphatic heterocycles. The molecule has 0 radical (unpaired) electrons. The van der Waals surface area contributed by atoms with Crippen LogP contribution in [0.4, 0.5) is 5.82 Å². The highest BCUT2D eigenvalue weighted by molar-refractivity contribution is 14.1. The Kier molecular flexibility index (Phi) is 3.36. The molecule has 1 fully saturated rings. The second kappa shape index (κ2) is 5.23. The van der Waals surface area contributed by atoms with Gasteiger partial charge in [0.1, 0.15) is 11.6 Å². The van der Waals surface area contributed by atoms with Gasteiger partial charge in [-0.25, -0.2) is 9.97 Å². The first-order valence-corrected chi connectivity index (χ1v) is 8.70. The van der Waals surface area contributed by atoms with Gasteiger partial charge in [-0.1, -0.05) is 24.3 Å². The summed E-state index contributed by atoms with van der Waals surface area (Å²) in [5.41, 5.74) is 10.2. The van der Waals surface area contributed by atoms with Crippen LogP contribution in [-0.2, 0) is 12.8 Å². The summed E-state index contributed by atoms with van der Waals surface area (Å²) in [5, 5.41) is 0. The molecule has 1 heterocycles. The maximum absolute atomic E-state index is 6.13. The van der Waals surface area contributed by atoms with Gasteiger partial charge in [-0.2, -0.15) is 0 Å². The maximum atomic E-state index is 6.13. The Bertz CT molecular complexity index is 694. The Morgan fingerprint density at radius 1 is 1.00 bits per heavy atom. The molecule has 1 aromatic carbocycles. The second-order valence-corrected chi connectivity index (χ2v) is 7.23. The molecule has 0 bridgehead atoms. The maximum Gasteiger partial charge on any atom is 0.140 e. The highest BCUT2D eigenvalue weighted by atomic mass is 127. The van der Waals surface area contributed by atoms with Gasteiger partial charge in [-0.3, -0.25) is 0 Å². The first-order valence-electron chi connectivity index (χ1n) is 7.62. The van der Waals surface area contributed by atoms with Gasteiger partial charge in [-0.15, -0.1) is 0 Å². The molecule has 21 heavy (non-hydrogen) atoms. The van der Waals surface area contributed by atoms with E-state index >= 15 is 0 Å². The molecule has 0 saturated heterocycles. The number of hydrogen-bond acceptors (Lipinski definition) is 3. The minimum absolute atomic E-state index is 0.414. The van der Waals surface area contributed by atoms with Crippen LogP contribution in [0.15, 0.2) is 24.3 Å². The van der Waals surface area contributed by atoms with Gasteiger partial charge in [0.25, 0.3) is 0 Å². The fraction of sp³-hybridized carbons (Fsp3) is 0.412. The number of nitrogen functional groups attached to an aromatic ring is 1. The summed E-state index contributed by atoms with van der Waals surface area (Å²) < 4.78 is 1.06. The topological polar surface area (TPSA) is 51.8 Å². The van der Waals surface area contributed by atoms with Crippen molar-refractivity contribution in [3.05, 3.63) is 50.5 Å². The second-order valence-electron chi connectivity index (χ2n) is 6.15. The number of hydrogen-bond donors (Lipinski definition) is 1. The average Bonchev–Trinajstić information content (AvgIpc) is 3.34. The average molecular weight is 391 g/mol. The van der Waals surface area contributed by atoms with Crippen molar-refractivity contribution >= 4 is 28.4 Å². The zero-order valence-electron chi connectivity index (χ0n) is 11.8. The Hall–Kier alpha value is -1.17. The highest BCUT2D eigenvalue weighted by Gasteiger charge is 2.31. The molecule has 2 aliphatic carbocycles. The van der Waals surface area contributed by atoms with Crippen LogP contribution >= 0.6 is 22.6 Å². The van der Waals surface area contributed by atoms with Gasteiger partial charge in [0.2, 0.25) is 0 Å². The Balaban J connectivity index is 1.68. The Morgan fingerprint density at radius 3 is 2.52 bits per heavy atom. The molecular weight excluding hydrogens is 373 g/mol. The number of halogens is 1. The molecule has 4 heteroatoms. The molecule has 0 amide bonds. The van der Waals surface area contributed by atoms with E-state index in [1.807, 2.05) is 0 Å². The lowest BCUT2D eigenvalue weighted by Gasteiger charge is -2.24. The summed E-state index contributed by atoms with van der Waals surface area (Å²) in [6, 6.07) is 8.73. The number of aromatic nitrogens is 2. The third-order valence-corrected chi connectivity index (χ3v) is 5.70. The summed E-state index contributed by atoms with van der Waals surface area (Å²) >= 11 is 2.30. The van der Waals surface area contributed by atoms with E-state index in [2.05, 4.69) is 51.8 Å². The van der Waals surface area contributed by atoms with Crippen LogP contribution in [0.3, 0.4) is 0 Å². The van der Waals surface area contributed by atoms with Crippen LogP contribution in [0.1, 0.15) is 53.7 Å². The zero-order chi connectivity index (χ0) is 14.4. The minimum Gasteiger partial charge on any atom is -0.383 e. The lowest BCUT2D eigenvalue weighted by atomic mass is 9.83. The number of nitrogens with two attached hydrogens (primary N) is 1. The SMILES string of the molecule is Nc1nc(C2CCc3ccccc3C2)nc(C2CC2)c1I. The summed E-state index contributed by atoms with van der Waals surface area (Å²) in [6.07, 6.45) is 5.79. The summed E-state index contributed by atoms with van der Waals surface area (Å²) in [5.74, 6) is 2.67. The van der Waals surface area contributed by atoms with Crippen molar-refractivity contribution in [2.24, 2.45) is 0 Å². The number of aryl methyl sites for hydroxylation is 1. The fourth-order valence-corrected chi connectivity index (χ4v) is 3.91. The highest BCUT2D eigenvalue weighted by Crippen LogP contribution is 2.43. The normalized spacial score (nSPS) is 21.1. The first kappa shape index (κ1) is 13.5. The predicted octanol–water partition coefficient (Wildman–Crippen LogP) is 3.81. The third-order valence-electron chi connectivity index (χ3n) is 4.60. The molecule has 1 unspecified atom stereocenters. The fourth-order valence-electron chi connectivity index (χ4n) is 3.23. The quantitative estimate of drug-likeness (QED) is 0.793. The van der Waals surface area contributed by atoms with E-state index in [4.69, 9.17) is 10.7 Å². The van der Waals surface area contributed by atoms with Crippen LogP contribution in [0, 0.1) is 3.57 Å². The lowest BCUT2D eigenvalue weighted by Crippen LogP contribution is -2.17. The zero-order valence-corrected chi connectivity index (χ0v) is 14.0. The predicted molar refractivity (Wildman–Crippen MR) is 92.3 cm³/mol. The summed E-state index contributed by atoms with van der Waals surface area (Å²) in [6.45, 7) is 0. The van der Waals surface area contributed by atoms with Crippen LogP contribution in [-0.4, -0.2) is 9.97 Å². The van der Waals surface area contributed by atoms with Crippen LogP contribution < -0.4 is 5.73 Å². The number of benzene rings is 1. The minimum atomic E-state index is 0.414. The number of fused-ring (bicyclic) bond motifs is 1. The van der Waals surface area contributed by atoms with Crippen molar-refractivity contribution in [3.63, 3.8) is 0 Å². The molecular formula is C17H18IN3. The van der Waals surface area contributed by atoms with E-state index in [-0.39, 0.29) is 0 Å². The van der Waals surface area contributed by atoms with Gasteiger partial charge in [0, 0.05) is 11.8 Å². The standard InChI is InChI=1S/C17H18IN3/c18-14-15(11-6-7-11)20-17(21-16(14)19)13-8-5-10-3-1-2-4-12(10)9-13/h1-4,11,13H,5-9H2,(H2,19,20,21). The molecule has 2 aromatic rings. The van der Waals surface area contributed by atoms with Gasteiger partial charge in [-0.05, 0) is 65.8 Å². The van der Waals surface area contributed by atoms with E-state index in [0.717, 1.165) is 28.7 Å². The van der Waals surface area contributed by atoms with Crippen molar-refractivity contribution in [2.45, 2.75) is 43.9 Å². The Labute approximate surface area is 138 Å². The largest absolute Gasteiger partial charge is 0.383 e. The number of nitrogens with zero attached hydrogens (tertiary/aromatic N) is 2. The van der Waals surface area contributed by atoms with E-state index in [1.54, 1.807) is 0 Å². The number of anilines is 1. The molecule has 4 rings (SSSR count). The van der Waals surface area contributed by atoms with Crippen LogP contribution in [0.5, 0.6) is 0 Å². The van der Waals surface area contributed by atoms with E-state index in [1.165, 1.54) is 29.7 Å². The third kappa shape index (κ3) is 2.54. The Morgan fingerprint density at radius 2 is 1.76 bits per heavy atom. The molecule has 1 aromatic heterocycles. The molecule has 108 valence electrons. The molecule has 1 atom stereocenters. The van der Waals surface area contributed by atoms with Crippen molar-refractivity contribution < 1.29 is 0 Å². The van der Waals surface area contributed by atoms with Gasteiger partial charge in [0.05, 0.1) is 9.26 Å². The van der Waals surface area contributed by atoms with Crippen molar-refractivity contribution in [1.29, 1.82) is 0 Å². The molecule has 2 N–H and O–H groups in total. The van der Waals surface area contributed by atoms with Gasteiger partial charge < -0.3 is 5.73 Å². The van der Waals surface area contributed by atoms with Crippen molar-refractivity contribution in [1.82, 2.24) is 9.97 Å². The smallest absolute Gasteiger partial charge is 0.140 e. The van der Waals surface area contributed by atoms with Crippen LogP contribution in [0.25, 0.3) is 0 Å². The molecule has 0 spiro atoms. The first-order chi connectivity index (χ1) is 10.2. The van der Waals surface area contributed by atoms with Crippen molar-refractivity contribution in [3.8, 4) is 0 Å². The number of rotatable bonds is 2. The van der Waals surface area contributed by atoms with Gasteiger partial charge >= 0.3 is 0 Å². The van der Waals surface area contributed by atoms with Crippen LogP contribution in [0.2, 0.25) is 0 Å². The monoisotopic (exact) mass is 391 g/mol. The van der Waals surface area contributed by atoms with E-state index in [0.29, 0.717) is 17.7 Å². The molecule has 1 saturated carbocycles. The van der Waals surface area contributed by atoms with E-state index in [9.17, 15) is 0 Å².